The van der Waals surface area contributed by atoms with Gasteiger partial charge in [0.1, 0.15) is 24.1 Å². The van der Waals surface area contributed by atoms with Crippen LogP contribution in [-0.2, 0) is 11.8 Å². The van der Waals surface area contributed by atoms with Crippen molar-refractivity contribution >= 4 is 28.6 Å². The van der Waals surface area contributed by atoms with E-state index in [4.69, 9.17) is 10.5 Å². The molecule has 0 aliphatic carbocycles. The third kappa shape index (κ3) is 3.60. The van der Waals surface area contributed by atoms with E-state index in [2.05, 4.69) is 20.3 Å². The molecule has 0 saturated heterocycles. The number of carbonyl (C=O) groups is 1. The Balaban J connectivity index is 1.93. The van der Waals surface area contributed by atoms with Gasteiger partial charge in [-0.15, -0.1) is 0 Å². The second kappa shape index (κ2) is 8.39. The van der Waals surface area contributed by atoms with Crippen molar-refractivity contribution in [1.29, 1.82) is 5.26 Å². The van der Waals surface area contributed by atoms with E-state index < -0.39 is 0 Å². The highest BCUT2D eigenvalue weighted by atomic mass is 16.5. The number of hydrogen-bond acceptors (Lipinski definition) is 7. The molecule has 4 rings (SSSR count). The number of amides is 1. The van der Waals surface area contributed by atoms with Crippen LogP contribution in [0.15, 0.2) is 46.7 Å². The minimum atomic E-state index is -0.371. The number of ether oxygens (including phenoxy) is 1. The summed E-state index contributed by atoms with van der Waals surface area (Å²) in [4.78, 5) is 18.7. The smallest absolute Gasteiger partial charge is 0.272 e. The second-order valence-corrected chi connectivity index (χ2v) is 7.28. The lowest BCUT2D eigenvalue weighted by atomic mass is 10.0. The first-order valence-corrected chi connectivity index (χ1v) is 9.88. The fourth-order valence-corrected chi connectivity index (χ4v) is 3.54. The topological polar surface area (TPSA) is 138 Å². The van der Waals surface area contributed by atoms with Crippen molar-refractivity contribution in [2.45, 2.75) is 0 Å². The number of aromatic amines is 1. The van der Waals surface area contributed by atoms with Gasteiger partial charge in [0, 0.05) is 32.1 Å². The number of H-pyrrole nitrogens is 1. The summed E-state index contributed by atoms with van der Waals surface area (Å²) >= 11 is 0. The molecule has 0 unspecified atom stereocenters. The van der Waals surface area contributed by atoms with E-state index >= 15 is 0 Å². The van der Waals surface area contributed by atoms with Crippen molar-refractivity contribution in [2.75, 3.05) is 27.2 Å². The van der Waals surface area contributed by atoms with Gasteiger partial charge < -0.3 is 15.4 Å². The standard InChI is InChI=1S/C22H22N8O2/c1-25-20-14(17(24)11-23)5-7-19-15-10-13(4-6-18(15)27-28-19)16-12-26-30(3)22(16)32-9-8-29(2)21(20)31/h4-7,10,12H,8-9,24H2,1-3H3,(H,27,28)/b7-5+,17-14-,25-20?. The Hall–Kier alpha value is -4.39. The van der Waals surface area contributed by atoms with Crippen LogP contribution >= 0.6 is 0 Å². The van der Waals surface area contributed by atoms with Crippen LogP contribution in [0.1, 0.15) is 5.69 Å². The van der Waals surface area contributed by atoms with Crippen molar-refractivity contribution in [1.82, 2.24) is 24.9 Å². The molecule has 1 aliphatic heterocycles. The van der Waals surface area contributed by atoms with Gasteiger partial charge in [0.25, 0.3) is 5.91 Å². The number of benzene rings is 1. The lowest BCUT2D eigenvalue weighted by Gasteiger charge is -2.19. The summed E-state index contributed by atoms with van der Waals surface area (Å²) in [6.07, 6.45) is 5.09. The van der Waals surface area contributed by atoms with Crippen molar-refractivity contribution < 1.29 is 9.53 Å². The van der Waals surface area contributed by atoms with Crippen LogP contribution in [0.25, 0.3) is 28.1 Å². The molecule has 0 spiro atoms. The number of nitrogens with one attached hydrogen (secondary N) is 1. The number of allylic oxidation sites excluding steroid dienone is 2. The van der Waals surface area contributed by atoms with Crippen molar-refractivity contribution in [3.63, 3.8) is 0 Å². The number of likely N-dealkylation sites (N-methyl/N-ethyl adjacent to an activating group) is 1. The van der Waals surface area contributed by atoms with Gasteiger partial charge in [-0.1, -0.05) is 6.07 Å². The molecular formula is C22H22N8O2. The summed E-state index contributed by atoms with van der Waals surface area (Å²) < 4.78 is 7.66. The summed E-state index contributed by atoms with van der Waals surface area (Å²) in [6.45, 7) is 0.543. The lowest BCUT2D eigenvalue weighted by molar-refractivity contribution is -0.123. The van der Waals surface area contributed by atoms with Crippen LogP contribution in [0.4, 0.5) is 0 Å². The van der Waals surface area contributed by atoms with Crippen molar-refractivity contribution in [3.8, 4) is 23.1 Å². The molecule has 0 atom stereocenters. The summed E-state index contributed by atoms with van der Waals surface area (Å²) in [5, 5.41) is 21.9. The Morgan fingerprint density at radius 2 is 2.16 bits per heavy atom. The summed E-state index contributed by atoms with van der Waals surface area (Å²) in [5.41, 5.74) is 9.37. The Morgan fingerprint density at radius 3 is 2.91 bits per heavy atom. The molecule has 10 nitrogen and oxygen atoms in total. The van der Waals surface area contributed by atoms with Gasteiger partial charge in [0.05, 0.1) is 29.5 Å². The van der Waals surface area contributed by atoms with E-state index in [0.29, 0.717) is 18.1 Å². The minimum Gasteiger partial charge on any atom is -0.476 e. The van der Waals surface area contributed by atoms with Gasteiger partial charge in [0.15, 0.2) is 0 Å². The molecule has 0 fully saturated rings. The van der Waals surface area contributed by atoms with Crippen LogP contribution in [0, 0.1) is 11.3 Å². The van der Waals surface area contributed by atoms with E-state index in [1.807, 2.05) is 24.3 Å². The van der Waals surface area contributed by atoms with Crippen LogP contribution in [-0.4, -0.2) is 63.7 Å². The monoisotopic (exact) mass is 430 g/mol. The van der Waals surface area contributed by atoms with Crippen LogP contribution in [0.5, 0.6) is 5.88 Å². The Labute approximate surface area is 184 Å². The van der Waals surface area contributed by atoms with E-state index in [9.17, 15) is 10.1 Å². The normalized spacial score (nSPS) is 18.6. The maximum Gasteiger partial charge on any atom is 0.272 e. The molecule has 3 N–H and O–H groups in total. The largest absolute Gasteiger partial charge is 0.476 e. The van der Waals surface area contributed by atoms with Crippen molar-refractivity contribution in [3.05, 3.63) is 47.4 Å². The molecule has 2 bridgehead atoms. The highest BCUT2D eigenvalue weighted by Gasteiger charge is 2.22. The van der Waals surface area contributed by atoms with Gasteiger partial charge in [-0.3, -0.25) is 14.9 Å². The van der Waals surface area contributed by atoms with Gasteiger partial charge in [-0.25, -0.2) is 4.68 Å². The number of carbonyl (C=O) groups excluding carboxylic acids is 1. The molecule has 162 valence electrons. The number of nitrogens with zero attached hydrogens (tertiary/aromatic N) is 6. The van der Waals surface area contributed by atoms with E-state index in [1.165, 1.54) is 11.9 Å². The number of nitriles is 1. The zero-order valence-corrected chi connectivity index (χ0v) is 18.0. The molecule has 0 radical (unpaired) electrons. The van der Waals surface area contributed by atoms with E-state index in [-0.39, 0.29) is 29.5 Å². The fourth-order valence-electron chi connectivity index (χ4n) is 3.54. The zero-order valence-electron chi connectivity index (χ0n) is 18.0. The van der Waals surface area contributed by atoms with Crippen LogP contribution in [0.2, 0.25) is 0 Å². The Bertz CT molecular complexity index is 1340. The molecule has 2 aromatic heterocycles. The Morgan fingerprint density at radius 1 is 1.34 bits per heavy atom. The summed E-state index contributed by atoms with van der Waals surface area (Å²) in [6, 6.07) is 7.76. The number of aromatic nitrogens is 4. The average Bonchev–Trinajstić information content (AvgIpc) is 3.37. The fraction of sp³-hybridized carbons (Fsp3) is 0.227. The van der Waals surface area contributed by atoms with Gasteiger partial charge in [0.2, 0.25) is 5.88 Å². The molecule has 10 heteroatoms. The third-order valence-electron chi connectivity index (χ3n) is 5.30. The number of aliphatic imine (C=N–C) groups is 1. The van der Waals surface area contributed by atoms with Crippen LogP contribution in [0.3, 0.4) is 0 Å². The van der Waals surface area contributed by atoms with Gasteiger partial charge in [-0.05, 0) is 29.8 Å². The summed E-state index contributed by atoms with van der Waals surface area (Å²) in [5.74, 6) is 0.226. The molecule has 3 aromatic rings. The quantitative estimate of drug-likeness (QED) is 0.520. The average molecular weight is 430 g/mol. The third-order valence-corrected chi connectivity index (χ3v) is 5.30. The minimum absolute atomic E-state index is 0.0865. The highest BCUT2D eigenvalue weighted by molar-refractivity contribution is 6.46. The first-order valence-electron chi connectivity index (χ1n) is 9.88. The van der Waals surface area contributed by atoms with Gasteiger partial charge >= 0.3 is 0 Å². The summed E-state index contributed by atoms with van der Waals surface area (Å²) in [7, 11) is 4.94. The Kier molecular flexibility index (Phi) is 5.47. The number of rotatable bonds is 0. The highest BCUT2D eigenvalue weighted by Crippen LogP contribution is 2.32. The number of fused-ring (bicyclic) bond motifs is 3. The molecule has 1 aliphatic rings. The van der Waals surface area contributed by atoms with Crippen LogP contribution < -0.4 is 10.5 Å². The van der Waals surface area contributed by atoms with Gasteiger partial charge in [-0.2, -0.15) is 15.5 Å². The maximum absolute atomic E-state index is 13.1. The first-order chi connectivity index (χ1) is 15.4. The maximum atomic E-state index is 13.1. The lowest BCUT2D eigenvalue weighted by Crippen LogP contribution is -2.37. The number of hydrogen-bond donors (Lipinski definition) is 2. The molecular weight excluding hydrogens is 408 g/mol. The second-order valence-electron chi connectivity index (χ2n) is 7.28. The predicted octanol–water partition coefficient (Wildman–Crippen LogP) is 1.63. The molecule has 32 heavy (non-hydrogen) atoms. The molecule has 0 saturated carbocycles. The predicted molar refractivity (Wildman–Crippen MR) is 121 cm³/mol. The number of nitrogens with two attached hydrogens (primary N) is 1. The molecule has 1 aromatic carbocycles. The van der Waals surface area contributed by atoms with E-state index in [1.54, 1.807) is 37.1 Å². The number of aryl methyl sites for hydroxylation is 1. The first kappa shape index (κ1) is 20.9. The van der Waals surface area contributed by atoms with E-state index in [0.717, 1.165) is 22.0 Å². The molecule has 3 heterocycles. The molecule has 1 amide bonds. The SMILES string of the molecule is CN=C1C(=O)N(C)CCOc2c(cnn2C)-c2ccc3n[nH]c(c3c2)/C=C/C1=C(/N)C#N. The zero-order chi connectivity index (χ0) is 22.8. The van der Waals surface area contributed by atoms with Crippen molar-refractivity contribution in [2.24, 2.45) is 17.8 Å².